The average molecular weight is 318 g/mol. The Hall–Kier alpha value is -0.590. The zero-order valence-corrected chi connectivity index (χ0v) is 11.0. The van der Waals surface area contributed by atoms with Crippen molar-refractivity contribution in [2.45, 2.75) is 19.8 Å². The second-order valence-electron chi connectivity index (χ2n) is 3.59. The predicted molar refractivity (Wildman–Crippen MR) is 70.4 cm³/mol. The third kappa shape index (κ3) is 2.50. The quantitative estimate of drug-likeness (QED) is 0.867. The number of anilines is 2. The second-order valence-corrected chi connectivity index (χ2v) is 4.75. The highest BCUT2D eigenvalue weighted by Crippen LogP contribution is 2.20. The van der Waals surface area contributed by atoms with Crippen LogP contribution in [0.4, 0.5) is 11.8 Å². The minimum Gasteiger partial charge on any atom is -0.369 e. The minimum atomic E-state index is 0.865. The van der Waals surface area contributed by atoms with Gasteiger partial charge in [-0.1, -0.05) is 0 Å². The molecule has 1 aromatic heterocycles. The molecule has 0 saturated carbocycles. The molecule has 15 heavy (non-hydrogen) atoms. The molecule has 1 aromatic rings. The largest absolute Gasteiger partial charge is 0.369 e. The van der Waals surface area contributed by atoms with Gasteiger partial charge in [0.1, 0.15) is 5.82 Å². The van der Waals surface area contributed by atoms with Crippen LogP contribution in [0.25, 0.3) is 0 Å². The summed E-state index contributed by atoms with van der Waals surface area (Å²) < 4.78 is 1.08. The normalized spacial score (nSPS) is 15.7. The highest BCUT2D eigenvalue weighted by molar-refractivity contribution is 14.1. The molecule has 0 radical (unpaired) electrons. The summed E-state index contributed by atoms with van der Waals surface area (Å²) in [6.07, 6.45) is 4.40. The van der Waals surface area contributed by atoms with Gasteiger partial charge in [-0.15, -0.1) is 0 Å². The summed E-state index contributed by atoms with van der Waals surface area (Å²) in [4.78, 5) is 11.2. The van der Waals surface area contributed by atoms with Crippen molar-refractivity contribution in [3.05, 3.63) is 9.77 Å². The minimum absolute atomic E-state index is 0.865. The summed E-state index contributed by atoms with van der Waals surface area (Å²) in [6.45, 7) is 5.15. The maximum atomic E-state index is 4.54. The fourth-order valence-electron chi connectivity index (χ4n) is 1.72. The van der Waals surface area contributed by atoms with E-state index in [1.54, 1.807) is 0 Å². The Labute approximate surface area is 104 Å². The van der Waals surface area contributed by atoms with Crippen LogP contribution < -0.4 is 10.2 Å². The fraction of sp³-hybridized carbons (Fsp3) is 0.600. The molecule has 0 unspecified atom stereocenters. The monoisotopic (exact) mass is 318 g/mol. The molecule has 4 nitrogen and oxygen atoms in total. The van der Waals surface area contributed by atoms with E-state index in [9.17, 15) is 0 Å². The van der Waals surface area contributed by atoms with E-state index in [4.69, 9.17) is 0 Å². The smallest absolute Gasteiger partial charge is 0.227 e. The average Bonchev–Trinajstić information content (AvgIpc) is 2.75. The Morgan fingerprint density at radius 2 is 2.20 bits per heavy atom. The third-order valence-corrected chi connectivity index (χ3v) is 3.25. The molecule has 1 saturated heterocycles. The Morgan fingerprint density at radius 1 is 1.47 bits per heavy atom. The lowest BCUT2D eigenvalue weighted by Gasteiger charge is -2.16. The molecule has 0 atom stereocenters. The van der Waals surface area contributed by atoms with Gasteiger partial charge in [-0.2, -0.15) is 4.98 Å². The van der Waals surface area contributed by atoms with Gasteiger partial charge in [0.2, 0.25) is 5.95 Å². The lowest BCUT2D eigenvalue weighted by molar-refractivity contribution is 0.895. The zero-order chi connectivity index (χ0) is 10.7. The van der Waals surface area contributed by atoms with Gasteiger partial charge in [-0.05, 0) is 42.4 Å². The number of hydrogen-bond donors (Lipinski definition) is 1. The first-order valence-corrected chi connectivity index (χ1v) is 6.40. The molecule has 5 heteroatoms. The van der Waals surface area contributed by atoms with Gasteiger partial charge in [-0.3, -0.25) is 0 Å². The second kappa shape index (κ2) is 4.96. The van der Waals surface area contributed by atoms with Gasteiger partial charge >= 0.3 is 0 Å². The summed E-state index contributed by atoms with van der Waals surface area (Å²) in [5, 5.41) is 3.25. The molecule has 1 N–H and O–H groups in total. The number of aromatic nitrogens is 2. The van der Waals surface area contributed by atoms with E-state index >= 15 is 0 Å². The van der Waals surface area contributed by atoms with E-state index in [-0.39, 0.29) is 0 Å². The topological polar surface area (TPSA) is 41.1 Å². The lowest BCUT2D eigenvalue weighted by Crippen LogP contribution is -2.21. The van der Waals surface area contributed by atoms with Crippen LogP contribution in [0.1, 0.15) is 19.8 Å². The maximum absolute atomic E-state index is 4.54. The summed E-state index contributed by atoms with van der Waals surface area (Å²) >= 11 is 2.26. The van der Waals surface area contributed by atoms with Crippen molar-refractivity contribution in [2.24, 2.45) is 0 Å². The van der Waals surface area contributed by atoms with Crippen LogP contribution in [0.15, 0.2) is 6.20 Å². The number of rotatable bonds is 3. The van der Waals surface area contributed by atoms with Gasteiger partial charge in [-0.25, -0.2) is 4.98 Å². The molecule has 2 rings (SSSR count). The van der Waals surface area contributed by atoms with Gasteiger partial charge in [0, 0.05) is 25.8 Å². The molecule has 0 aliphatic carbocycles. The zero-order valence-electron chi connectivity index (χ0n) is 8.83. The lowest BCUT2D eigenvalue weighted by atomic mass is 10.4. The van der Waals surface area contributed by atoms with Gasteiger partial charge < -0.3 is 10.2 Å². The Morgan fingerprint density at radius 3 is 2.87 bits per heavy atom. The standard InChI is InChI=1S/C10H15IN4/c1-2-12-9-8(11)7-13-10(14-9)15-5-3-4-6-15/h7H,2-6H2,1H3,(H,12,13,14). The molecule has 1 aliphatic heterocycles. The van der Waals surface area contributed by atoms with E-state index in [1.165, 1.54) is 12.8 Å². The predicted octanol–water partition coefficient (Wildman–Crippen LogP) is 2.11. The first kappa shape index (κ1) is 10.9. The SMILES string of the molecule is CCNc1nc(N2CCCC2)ncc1I. The van der Waals surface area contributed by atoms with Crippen LogP contribution in [-0.4, -0.2) is 29.6 Å². The van der Waals surface area contributed by atoms with E-state index in [0.29, 0.717) is 0 Å². The van der Waals surface area contributed by atoms with E-state index < -0.39 is 0 Å². The van der Waals surface area contributed by atoms with Crippen molar-refractivity contribution in [3.63, 3.8) is 0 Å². The van der Waals surface area contributed by atoms with Gasteiger partial charge in [0.05, 0.1) is 3.57 Å². The van der Waals surface area contributed by atoms with Gasteiger partial charge in [0.15, 0.2) is 0 Å². The van der Waals surface area contributed by atoms with Crippen molar-refractivity contribution >= 4 is 34.4 Å². The number of halogens is 1. The molecule has 82 valence electrons. The first-order chi connectivity index (χ1) is 7.31. The molecule has 1 aliphatic rings. The molecule has 0 aromatic carbocycles. The molecule has 1 fully saturated rings. The molecule has 0 spiro atoms. The molecular weight excluding hydrogens is 303 g/mol. The van der Waals surface area contributed by atoms with Crippen LogP contribution in [0.2, 0.25) is 0 Å². The number of nitrogens with one attached hydrogen (secondary N) is 1. The van der Waals surface area contributed by atoms with Crippen LogP contribution in [-0.2, 0) is 0 Å². The van der Waals surface area contributed by atoms with Crippen LogP contribution >= 0.6 is 22.6 Å². The van der Waals surface area contributed by atoms with E-state index in [2.05, 4.69) is 49.7 Å². The Kier molecular flexibility index (Phi) is 3.61. The van der Waals surface area contributed by atoms with Crippen molar-refractivity contribution < 1.29 is 0 Å². The van der Waals surface area contributed by atoms with Crippen LogP contribution in [0.3, 0.4) is 0 Å². The number of nitrogens with zero attached hydrogens (tertiary/aromatic N) is 3. The molecule has 0 amide bonds. The van der Waals surface area contributed by atoms with Crippen LogP contribution in [0, 0.1) is 3.57 Å². The van der Waals surface area contributed by atoms with Crippen LogP contribution in [0.5, 0.6) is 0 Å². The summed E-state index contributed by atoms with van der Waals surface area (Å²) in [5.41, 5.74) is 0. The number of hydrogen-bond acceptors (Lipinski definition) is 4. The third-order valence-electron chi connectivity index (χ3n) is 2.46. The summed E-state index contributed by atoms with van der Waals surface area (Å²) in [5.74, 6) is 1.82. The van der Waals surface area contributed by atoms with Crippen molar-refractivity contribution in [3.8, 4) is 0 Å². The van der Waals surface area contributed by atoms with Gasteiger partial charge in [0.25, 0.3) is 0 Å². The van der Waals surface area contributed by atoms with E-state index in [1.807, 2.05) is 6.20 Å². The molecule has 2 heterocycles. The summed E-state index contributed by atoms with van der Waals surface area (Å²) in [6, 6.07) is 0. The van der Waals surface area contributed by atoms with Crippen molar-refractivity contribution in [1.82, 2.24) is 9.97 Å². The van der Waals surface area contributed by atoms with Crippen molar-refractivity contribution in [2.75, 3.05) is 29.9 Å². The van der Waals surface area contributed by atoms with Crippen molar-refractivity contribution in [1.29, 1.82) is 0 Å². The first-order valence-electron chi connectivity index (χ1n) is 5.32. The highest BCUT2D eigenvalue weighted by atomic mass is 127. The maximum Gasteiger partial charge on any atom is 0.227 e. The summed E-state index contributed by atoms with van der Waals surface area (Å²) in [7, 11) is 0. The Balaban J connectivity index is 2.21. The molecular formula is C10H15IN4. The highest BCUT2D eigenvalue weighted by Gasteiger charge is 2.15. The Bertz CT molecular complexity index is 336. The molecule has 0 bridgehead atoms. The fourth-order valence-corrected chi connectivity index (χ4v) is 2.17. The van der Waals surface area contributed by atoms with E-state index in [0.717, 1.165) is 35.0 Å².